The van der Waals surface area contributed by atoms with E-state index in [4.69, 9.17) is 5.26 Å². The first-order valence-corrected chi connectivity index (χ1v) is 4.11. The van der Waals surface area contributed by atoms with Crippen LogP contribution < -0.4 is 0 Å². The standard InChI is InChI=1S/C11H9NO2/c1-7-9(5-12)3-4-10(6-13)11(7)8(2)14/h3-4,6H,1-2H3. The maximum absolute atomic E-state index is 11.2. The fourth-order valence-electron chi connectivity index (χ4n) is 1.42. The summed E-state index contributed by atoms with van der Waals surface area (Å²) in [5.41, 5.74) is 1.69. The molecule has 0 N–H and O–H groups in total. The van der Waals surface area contributed by atoms with Crippen LogP contribution in [0.2, 0.25) is 0 Å². The normalized spacial score (nSPS) is 9.21. The molecule has 0 aromatic heterocycles. The Morgan fingerprint density at radius 1 is 1.50 bits per heavy atom. The SMILES string of the molecule is CC(=O)c1c(C=O)ccc(C#N)c1C. The Hall–Kier alpha value is -1.95. The van der Waals surface area contributed by atoms with E-state index in [2.05, 4.69) is 0 Å². The van der Waals surface area contributed by atoms with Crippen LogP contribution in [0.25, 0.3) is 0 Å². The van der Waals surface area contributed by atoms with Crippen molar-refractivity contribution < 1.29 is 9.59 Å². The molecular formula is C11H9NO2. The highest BCUT2D eigenvalue weighted by Crippen LogP contribution is 2.17. The molecule has 0 aliphatic rings. The molecule has 0 bridgehead atoms. The monoisotopic (exact) mass is 187 g/mol. The molecule has 0 spiro atoms. The minimum atomic E-state index is -0.193. The van der Waals surface area contributed by atoms with Crippen molar-refractivity contribution in [3.05, 3.63) is 34.4 Å². The van der Waals surface area contributed by atoms with E-state index in [0.717, 1.165) is 0 Å². The van der Waals surface area contributed by atoms with Crippen molar-refractivity contribution in [2.24, 2.45) is 0 Å². The van der Waals surface area contributed by atoms with Gasteiger partial charge in [0.1, 0.15) is 0 Å². The highest BCUT2D eigenvalue weighted by atomic mass is 16.1. The zero-order chi connectivity index (χ0) is 10.7. The Labute approximate surface area is 82.0 Å². The van der Waals surface area contributed by atoms with E-state index in [1.165, 1.54) is 13.0 Å². The number of aldehydes is 1. The molecule has 0 heterocycles. The van der Waals surface area contributed by atoms with Gasteiger partial charge in [0.05, 0.1) is 11.6 Å². The number of ketones is 1. The molecule has 3 nitrogen and oxygen atoms in total. The number of nitrogens with zero attached hydrogens (tertiary/aromatic N) is 1. The summed E-state index contributed by atoms with van der Waals surface area (Å²) in [6, 6.07) is 5.02. The molecule has 0 fully saturated rings. The lowest BCUT2D eigenvalue weighted by atomic mass is 9.95. The maximum atomic E-state index is 11.2. The van der Waals surface area contributed by atoms with Gasteiger partial charge in [-0.1, -0.05) is 0 Å². The molecule has 0 radical (unpaired) electrons. The first kappa shape index (κ1) is 10.1. The molecule has 0 saturated heterocycles. The Bertz CT molecular complexity index is 441. The molecule has 0 aliphatic carbocycles. The van der Waals surface area contributed by atoms with Gasteiger partial charge >= 0.3 is 0 Å². The first-order chi connectivity index (χ1) is 6.61. The molecule has 1 aromatic rings. The molecule has 70 valence electrons. The molecule has 0 amide bonds. The first-order valence-electron chi connectivity index (χ1n) is 4.11. The zero-order valence-electron chi connectivity index (χ0n) is 8.00. The molecular weight excluding hydrogens is 178 g/mol. The number of hydrogen-bond acceptors (Lipinski definition) is 3. The zero-order valence-corrected chi connectivity index (χ0v) is 8.00. The Morgan fingerprint density at radius 3 is 2.57 bits per heavy atom. The molecule has 1 rings (SSSR count). The summed E-state index contributed by atoms with van der Waals surface area (Å²) in [7, 11) is 0. The number of carbonyl (C=O) groups is 2. The van der Waals surface area contributed by atoms with Crippen molar-refractivity contribution in [1.82, 2.24) is 0 Å². The Morgan fingerprint density at radius 2 is 2.14 bits per heavy atom. The van der Waals surface area contributed by atoms with Gasteiger partial charge < -0.3 is 0 Å². The van der Waals surface area contributed by atoms with Gasteiger partial charge in [0.15, 0.2) is 12.1 Å². The summed E-state index contributed by atoms with van der Waals surface area (Å²) < 4.78 is 0. The highest BCUT2D eigenvalue weighted by molar-refractivity contribution is 6.03. The number of hydrogen-bond donors (Lipinski definition) is 0. The Balaban J connectivity index is 3.56. The molecule has 0 unspecified atom stereocenters. The van der Waals surface area contributed by atoms with Crippen LogP contribution in [0.3, 0.4) is 0 Å². The van der Waals surface area contributed by atoms with Crippen LogP contribution in [-0.4, -0.2) is 12.1 Å². The van der Waals surface area contributed by atoms with Crippen LogP contribution in [0.15, 0.2) is 12.1 Å². The minimum absolute atomic E-state index is 0.193. The van der Waals surface area contributed by atoms with Crippen molar-refractivity contribution in [3.63, 3.8) is 0 Å². The topological polar surface area (TPSA) is 57.9 Å². The molecule has 14 heavy (non-hydrogen) atoms. The fraction of sp³-hybridized carbons (Fsp3) is 0.182. The quantitative estimate of drug-likeness (QED) is 0.524. The van der Waals surface area contributed by atoms with Crippen LogP contribution >= 0.6 is 0 Å². The molecule has 0 atom stereocenters. The van der Waals surface area contributed by atoms with Gasteiger partial charge in [0.2, 0.25) is 0 Å². The lowest BCUT2D eigenvalue weighted by Crippen LogP contribution is -2.03. The van der Waals surface area contributed by atoms with Crippen molar-refractivity contribution in [2.75, 3.05) is 0 Å². The summed E-state index contributed by atoms with van der Waals surface area (Å²) in [5, 5.41) is 8.74. The summed E-state index contributed by atoms with van der Waals surface area (Å²) in [4.78, 5) is 21.9. The smallest absolute Gasteiger partial charge is 0.160 e. The van der Waals surface area contributed by atoms with Gasteiger partial charge in [-0.3, -0.25) is 9.59 Å². The summed E-state index contributed by atoms with van der Waals surface area (Å²) in [6.07, 6.45) is 0.630. The van der Waals surface area contributed by atoms with Gasteiger partial charge in [-0.25, -0.2) is 0 Å². The molecule has 0 saturated carbocycles. The van der Waals surface area contributed by atoms with Gasteiger partial charge in [-0.15, -0.1) is 0 Å². The van der Waals surface area contributed by atoms with Crippen molar-refractivity contribution in [3.8, 4) is 6.07 Å². The largest absolute Gasteiger partial charge is 0.298 e. The van der Waals surface area contributed by atoms with Gasteiger partial charge in [0.25, 0.3) is 0 Å². The lowest BCUT2D eigenvalue weighted by Gasteiger charge is -2.06. The minimum Gasteiger partial charge on any atom is -0.298 e. The summed E-state index contributed by atoms with van der Waals surface area (Å²) in [5.74, 6) is -0.193. The average molecular weight is 187 g/mol. The number of rotatable bonds is 2. The van der Waals surface area contributed by atoms with E-state index in [0.29, 0.717) is 28.5 Å². The predicted octanol–water partition coefficient (Wildman–Crippen LogP) is 1.88. The maximum Gasteiger partial charge on any atom is 0.160 e. The van der Waals surface area contributed by atoms with Crippen LogP contribution in [0.4, 0.5) is 0 Å². The molecule has 3 heteroatoms. The van der Waals surface area contributed by atoms with Crippen molar-refractivity contribution in [1.29, 1.82) is 5.26 Å². The number of benzene rings is 1. The third kappa shape index (κ3) is 1.55. The van der Waals surface area contributed by atoms with Crippen LogP contribution in [0, 0.1) is 18.3 Å². The van der Waals surface area contributed by atoms with E-state index in [9.17, 15) is 9.59 Å². The fourth-order valence-corrected chi connectivity index (χ4v) is 1.42. The second-order valence-corrected chi connectivity index (χ2v) is 2.99. The van der Waals surface area contributed by atoms with E-state index in [1.54, 1.807) is 13.0 Å². The van der Waals surface area contributed by atoms with Gasteiger partial charge in [0, 0.05) is 11.1 Å². The molecule has 0 aliphatic heterocycles. The van der Waals surface area contributed by atoms with E-state index in [1.807, 2.05) is 6.07 Å². The van der Waals surface area contributed by atoms with Crippen molar-refractivity contribution >= 4 is 12.1 Å². The summed E-state index contributed by atoms with van der Waals surface area (Å²) >= 11 is 0. The lowest BCUT2D eigenvalue weighted by molar-refractivity contribution is 0.100. The third-order valence-corrected chi connectivity index (χ3v) is 2.10. The van der Waals surface area contributed by atoms with Crippen LogP contribution in [0.5, 0.6) is 0 Å². The molecule has 1 aromatic carbocycles. The number of nitriles is 1. The Kier molecular flexibility index (Phi) is 2.78. The highest BCUT2D eigenvalue weighted by Gasteiger charge is 2.12. The third-order valence-electron chi connectivity index (χ3n) is 2.10. The average Bonchev–Trinajstić information content (AvgIpc) is 2.16. The van der Waals surface area contributed by atoms with Crippen LogP contribution in [-0.2, 0) is 0 Å². The van der Waals surface area contributed by atoms with Crippen LogP contribution in [0.1, 0.15) is 38.8 Å². The second kappa shape index (κ2) is 3.84. The van der Waals surface area contributed by atoms with E-state index in [-0.39, 0.29) is 5.78 Å². The van der Waals surface area contributed by atoms with Gasteiger partial charge in [-0.2, -0.15) is 5.26 Å². The van der Waals surface area contributed by atoms with E-state index < -0.39 is 0 Å². The second-order valence-electron chi connectivity index (χ2n) is 2.99. The van der Waals surface area contributed by atoms with Gasteiger partial charge in [-0.05, 0) is 31.5 Å². The number of carbonyl (C=O) groups excluding carboxylic acids is 2. The number of Topliss-reactive ketones (excluding diaryl/α,β-unsaturated/α-hetero) is 1. The van der Waals surface area contributed by atoms with Crippen molar-refractivity contribution in [2.45, 2.75) is 13.8 Å². The van der Waals surface area contributed by atoms with E-state index >= 15 is 0 Å². The summed E-state index contributed by atoms with van der Waals surface area (Å²) in [6.45, 7) is 3.05. The predicted molar refractivity (Wildman–Crippen MR) is 51.3 cm³/mol.